The molecule has 31 heavy (non-hydrogen) atoms. The van der Waals surface area contributed by atoms with E-state index in [2.05, 4.69) is 33.8 Å². The molecule has 0 bridgehead atoms. The second-order valence-corrected chi connectivity index (χ2v) is 9.58. The molecule has 2 rings (SSSR count). The lowest BCUT2D eigenvalue weighted by Gasteiger charge is -2.13. The Morgan fingerprint density at radius 1 is 1.06 bits per heavy atom. The van der Waals surface area contributed by atoms with Crippen molar-refractivity contribution in [2.75, 3.05) is 12.8 Å². The van der Waals surface area contributed by atoms with Crippen LogP contribution in [0.3, 0.4) is 0 Å². The molecule has 0 atom stereocenters. The number of hydrogen-bond donors (Lipinski definition) is 2. The van der Waals surface area contributed by atoms with Crippen molar-refractivity contribution in [3.8, 4) is 0 Å². The summed E-state index contributed by atoms with van der Waals surface area (Å²) in [5.41, 5.74) is 4.00. The molecule has 0 aliphatic heterocycles. The molecule has 2 aromatic carbocycles. The largest absolute Gasteiger partial charge is 0.374 e. The molecule has 8 heteroatoms. The zero-order valence-electron chi connectivity index (χ0n) is 18.9. The number of guanidine groups is 1. The number of sulfone groups is 1. The number of nitrogens with one attached hydrogen (secondary N) is 2. The van der Waals surface area contributed by atoms with Crippen LogP contribution in [0.15, 0.2) is 52.4 Å². The summed E-state index contributed by atoms with van der Waals surface area (Å²) in [5, 5.41) is 6.56. The molecule has 0 saturated carbocycles. The molecule has 0 amide bonds. The van der Waals surface area contributed by atoms with Crippen LogP contribution in [-0.2, 0) is 34.3 Å². The molecule has 0 aliphatic carbocycles. The summed E-state index contributed by atoms with van der Waals surface area (Å²) in [5.74, 6) is 0.714. The van der Waals surface area contributed by atoms with Crippen LogP contribution in [0.25, 0.3) is 0 Å². The number of halogens is 1. The number of rotatable bonds is 9. The van der Waals surface area contributed by atoms with Crippen molar-refractivity contribution in [1.29, 1.82) is 0 Å². The smallest absolute Gasteiger partial charge is 0.191 e. The Labute approximate surface area is 203 Å². The van der Waals surface area contributed by atoms with Crippen LogP contribution in [0.5, 0.6) is 0 Å². The van der Waals surface area contributed by atoms with E-state index in [1.807, 2.05) is 45.9 Å². The van der Waals surface area contributed by atoms with Crippen LogP contribution >= 0.6 is 24.0 Å². The molecule has 0 radical (unpaired) electrons. The van der Waals surface area contributed by atoms with Gasteiger partial charge in [0.1, 0.15) is 0 Å². The second-order valence-electron chi connectivity index (χ2n) is 7.60. The van der Waals surface area contributed by atoms with Crippen molar-refractivity contribution in [3.05, 3.63) is 64.7 Å². The highest BCUT2D eigenvalue weighted by Crippen LogP contribution is 2.16. The first-order chi connectivity index (χ1) is 14.2. The number of ether oxygens (including phenoxy) is 1. The zero-order valence-corrected chi connectivity index (χ0v) is 22.1. The highest BCUT2D eigenvalue weighted by atomic mass is 127. The molecule has 2 N–H and O–H groups in total. The molecule has 0 saturated heterocycles. The van der Waals surface area contributed by atoms with E-state index in [1.165, 1.54) is 6.26 Å². The first-order valence-corrected chi connectivity index (χ1v) is 12.1. The van der Waals surface area contributed by atoms with Gasteiger partial charge in [-0.1, -0.05) is 36.4 Å². The van der Waals surface area contributed by atoms with Crippen LogP contribution in [0.2, 0.25) is 0 Å². The van der Waals surface area contributed by atoms with Gasteiger partial charge in [-0.2, -0.15) is 0 Å². The number of nitrogens with zero attached hydrogens (tertiary/aromatic N) is 1. The number of benzene rings is 2. The van der Waals surface area contributed by atoms with Crippen molar-refractivity contribution in [3.63, 3.8) is 0 Å². The van der Waals surface area contributed by atoms with E-state index in [9.17, 15) is 8.42 Å². The quantitative estimate of drug-likeness (QED) is 0.274. The zero-order chi connectivity index (χ0) is 22.1. The summed E-state index contributed by atoms with van der Waals surface area (Å²) >= 11 is 0. The third kappa shape index (κ3) is 9.57. The first kappa shape index (κ1) is 27.4. The fourth-order valence-electron chi connectivity index (χ4n) is 3.02. The van der Waals surface area contributed by atoms with Gasteiger partial charge in [0, 0.05) is 19.3 Å². The van der Waals surface area contributed by atoms with Gasteiger partial charge in [-0.25, -0.2) is 13.4 Å². The van der Waals surface area contributed by atoms with Gasteiger partial charge in [-0.3, -0.25) is 0 Å². The van der Waals surface area contributed by atoms with Crippen LogP contribution in [-0.4, -0.2) is 33.3 Å². The standard InChI is InChI=1S/C23H33N3O3S.HI/c1-6-24-23(25-14-19-8-7-9-21(13-19)16-29-17(2)3)26-15-20-10-11-22(18(4)12-20)30(5,27)28;/h7-13,17H,6,14-16H2,1-5H3,(H2,24,25,26);1H. The number of hydrogen-bond acceptors (Lipinski definition) is 4. The highest BCUT2D eigenvalue weighted by Gasteiger charge is 2.11. The Hall–Kier alpha value is -1.65. The van der Waals surface area contributed by atoms with Gasteiger partial charge in [0.2, 0.25) is 0 Å². The first-order valence-electron chi connectivity index (χ1n) is 10.2. The third-order valence-corrected chi connectivity index (χ3v) is 5.69. The van der Waals surface area contributed by atoms with Crippen LogP contribution in [0, 0.1) is 6.92 Å². The Bertz CT molecular complexity index is 976. The average Bonchev–Trinajstić information content (AvgIpc) is 2.68. The van der Waals surface area contributed by atoms with Gasteiger partial charge in [0.25, 0.3) is 0 Å². The Morgan fingerprint density at radius 2 is 1.77 bits per heavy atom. The molecule has 0 aromatic heterocycles. The highest BCUT2D eigenvalue weighted by molar-refractivity contribution is 14.0. The van der Waals surface area contributed by atoms with Gasteiger partial charge < -0.3 is 15.4 Å². The number of aryl methyl sites for hydroxylation is 1. The lowest BCUT2D eigenvalue weighted by atomic mass is 10.1. The monoisotopic (exact) mass is 559 g/mol. The van der Waals surface area contributed by atoms with Gasteiger partial charge in [-0.15, -0.1) is 24.0 Å². The summed E-state index contributed by atoms with van der Waals surface area (Å²) in [6, 6.07) is 13.6. The Morgan fingerprint density at radius 3 is 2.39 bits per heavy atom. The Kier molecular flexibility index (Phi) is 11.5. The maximum absolute atomic E-state index is 11.8. The van der Waals surface area contributed by atoms with Crippen molar-refractivity contribution < 1.29 is 13.2 Å². The lowest BCUT2D eigenvalue weighted by Crippen LogP contribution is -2.36. The van der Waals surface area contributed by atoms with Gasteiger partial charge >= 0.3 is 0 Å². The lowest BCUT2D eigenvalue weighted by molar-refractivity contribution is 0.0657. The third-order valence-electron chi connectivity index (χ3n) is 4.44. The SMILES string of the molecule is CCNC(=NCc1cccc(COC(C)C)c1)NCc1ccc(S(C)(=O)=O)c(C)c1.I. The molecule has 6 nitrogen and oxygen atoms in total. The summed E-state index contributed by atoms with van der Waals surface area (Å²) in [7, 11) is -3.21. The normalized spacial score (nSPS) is 11.9. The van der Waals surface area contributed by atoms with E-state index < -0.39 is 9.84 Å². The minimum absolute atomic E-state index is 0. The molecule has 0 unspecified atom stereocenters. The predicted octanol–water partition coefficient (Wildman–Crippen LogP) is 4.20. The summed E-state index contributed by atoms with van der Waals surface area (Å²) < 4.78 is 29.2. The van der Waals surface area contributed by atoms with Gasteiger partial charge in [0.15, 0.2) is 15.8 Å². The van der Waals surface area contributed by atoms with Crippen molar-refractivity contribution in [2.45, 2.75) is 58.4 Å². The average molecular weight is 560 g/mol. The number of aliphatic imine (C=N–C) groups is 1. The molecule has 172 valence electrons. The molecule has 0 heterocycles. The topological polar surface area (TPSA) is 79.8 Å². The maximum Gasteiger partial charge on any atom is 0.191 e. The summed E-state index contributed by atoms with van der Waals surface area (Å²) in [6.07, 6.45) is 1.43. The van der Waals surface area contributed by atoms with E-state index in [-0.39, 0.29) is 30.1 Å². The molecule has 0 spiro atoms. The van der Waals surface area contributed by atoms with Crippen molar-refractivity contribution in [2.24, 2.45) is 4.99 Å². The van der Waals surface area contributed by atoms with E-state index in [1.54, 1.807) is 6.07 Å². The molecule has 0 aliphatic rings. The second kappa shape index (κ2) is 13.0. The van der Waals surface area contributed by atoms with E-state index in [4.69, 9.17) is 4.74 Å². The van der Waals surface area contributed by atoms with Crippen molar-refractivity contribution in [1.82, 2.24) is 10.6 Å². The minimum Gasteiger partial charge on any atom is -0.374 e. The molecular weight excluding hydrogens is 525 g/mol. The fourth-order valence-corrected chi connectivity index (χ4v) is 3.98. The van der Waals surface area contributed by atoms with Crippen LogP contribution in [0.1, 0.15) is 43.0 Å². The van der Waals surface area contributed by atoms with Crippen LogP contribution in [0.4, 0.5) is 0 Å². The van der Waals surface area contributed by atoms with E-state index in [0.29, 0.717) is 30.6 Å². The van der Waals surface area contributed by atoms with Gasteiger partial charge in [-0.05, 0) is 56.0 Å². The minimum atomic E-state index is -3.21. The van der Waals surface area contributed by atoms with E-state index >= 15 is 0 Å². The van der Waals surface area contributed by atoms with Crippen molar-refractivity contribution >= 4 is 39.8 Å². The maximum atomic E-state index is 11.8. The van der Waals surface area contributed by atoms with E-state index in [0.717, 1.165) is 28.8 Å². The summed E-state index contributed by atoms with van der Waals surface area (Å²) in [4.78, 5) is 5.04. The molecule has 2 aromatic rings. The Balaban J connectivity index is 0.00000480. The molecule has 0 fully saturated rings. The predicted molar refractivity (Wildman–Crippen MR) is 138 cm³/mol. The molecular formula is C23H34IN3O3S. The van der Waals surface area contributed by atoms with Crippen LogP contribution < -0.4 is 10.6 Å². The van der Waals surface area contributed by atoms with Gasteiger partial charge in [0.05, 0.1) is 24.2 Å². The fraction of sp³-hybridized carbons (Fsp3) is 0.435. The summed E-state index contributed by atoms with van der Waals surface area (Å²) in [6.45, 7) is 10.3.